The zero-order valence-corrected chi connectivity index (χ0v) is 16.5. The molecule has 26 heavy (non-hydrogen) atoms. The Kier molecular flexibility index (Phi) is 4.92. The Morgan fingerprint density at radius 3 is 2.27 bits per heavy atom. The lowest BCUT2D eigenvalue weighted by Crippen LogP contribution is -2.50. The monoisotopic (exact) mass is 375 g/mol. The normalized spacial score (nSPS) is 25.5. The van der Waals surface area contributed by atoms with Crippen molar-refractivity contribution in [3.63, 3.8) is 0 Å². The summed E-state index contributed by atoms with van der Waals surface area (Å²) in [4.78, 5) is 15.0. The summed E-state index contributed by atoms with van der Waals surface area (Å²) in [6.07, 6.45) is 4.52. The maximum Gasteiger partial charge on any atom is 0.345 e. The first-order chi connectivity index (χ1) is 12.2. The molecule has 0 aliphatic carbocycles. The van der Waals surface area contributed by atoms with Gasteiger partial charge in [0.05, 0.1) is 5.71 Å². The standard InChI is InChI=1S/C19H25N3O3S/c1-13-8-10-16(11-9-13)17-12-18(21(4)26(24,25)20-17)19(23)22-14(2)6-5-7-15(22)3/h8-12,14-15H,5-7H2,1-4H3. The summed E-state index contributed by atoms with van der Waals surface area (Å²) in [7, 11) is -2.55. The average Bonchev–Trinajstić information content (AvgIpc) is 2.57. The highest BCUT2D eigenvalue weighted by molar-refractivity contribution is 7.88. The van der Waals surface area contributed by atoms with E-state index in [0.717, 1.165) is 29.1 Å². The van der Waals surface area contributed by atoms with E-state index in [9.17, 15) is 13.2 Å². The van der Waals surface area contributed by atoms with Crippen molar-refractivity contribution < 1.29 is 13.2 Å². The second-order valence-electron chi connectivity index (χ2n) is 7.16. The van der Waals surface area contributed by atoms with Gasteiger partial charge in [-0.25, -0.2) is 4.31 Å². The highest BCUT2D eigenvalue weighted by atomic mass is 32.2. The number of rotatable bonds is 2. The lowest BCUT2D eigenvalue weighted by molar-refractivity contribution is -0.134. The maximum atomic E-state index is 13.2. The molecule has 2 aliphatic rings. The molecule has 7 heteroatoms. The van der Waals surface area contributed by atoms with Gasteiger partial charge in [0.1, 0.15) is 5.70 Å². The van der Waals surface area contributed by atoms with Crippen LogP contribution in [-0.4, -0.2) is 48.4 Å². The van der Waals surface area contributed by atoms with E-state index in [0.29, 0.717) is 11.3 Å². The van der Waals surface area contributed by atoms with Crippen LogP contribution in [0.15, 0.2) is 40.4 Å². The van der Waals surface area contributed by atoms with Gasteiger partial charge < -0.3 is 4.90 Å². The first kappa shape index (κ1) is 18.6. The van der Waals surface area contributed by atoms with Crippen molar-refractivity contribution in [2.75, 3.05) is 7.05 Å². The third kappa shape index (κ3) is 3.40. The predicted octanol–water partition coefficient (Wildman–Crippen LogP) is 2.65. The molecule has 2 heterocycles. The van der Waals surface area contributed by atoms with Gasteiger partial charge in [0, 0.05) is 24.7 Å². The summed E-state index contributed by atoms with van der Waals surface area (Å²) in [6.45, 7) is 5.99. The number of carbonyl (C=O) groups excluding carboxylic acids is 1. The van der Waals surface area contributed by atoms with E-state index in [4.69, 9.17) is 0 Å². The van der Waals surface area contributed by atoms with Crippen molar-refractivity contribution in [2.24, 2.45) is 4.40 Å². The first-order valence-electron chi connectivity index (χ1n) is 8.91. The number of allylic oxidation sites excluding steroid dienone is 1. The number of nitrogens with zero attached hydrogens (tertiary/aromatic N) is 3. The van der Waals surface area contributed by atoms with E-state index in [2.05, 4.69) is 4.40 Å². The molecule has 1 fully saturated rings. The van der Waals surface area contributed by atoms with Crippen LogP contribution in [0.1, 0.15) is 44.2 Å². The molecule has 2 atom stereocenters. The van der Waals surface area contributed by atoms with Crippen molar-refractivity contribution in [2.45, 2.75) is 52.1 Å². The first-order valence-corrected chi connectivity index (χ1v) is 10.3. The fourth-order valence-corrected chi connectivity index (χ4v) is 4.48. The number of carbonyl (C=O) groups is 1. The van der Waals surface area contributed by atoms with E-state index >= 15 is 0 Å². The summed E-state index contributed by atoms with van der Waals surface area (Å²) in [5.74, 6) is -0.254. The molecule has 0 spiro atoms. The Morgan fingerprint density at radius 1 is 1.12 bits per heavy atom. The largest absolute Gasteiger partial charge is 0.345 e. The van der Waals surface area contributed by atoms with Gasteiger partial charge in [-0.05, 0) is 46.1 Å². The molecule has 1 amide bonds. The van der Waals surface area contributed by atoms with Crippen LogP contribution < -0.4 is 0 Å². The summed E-state index contributed by atoms with van der Waals surface area (Å²) in [5.41, 5.74) is 2.19. The Hall–Kier alpha value is -2.15. The van der Waals surface area contributed by atoms with E-state index in [-0.39, 0.29) is 23.7 Å². The molecule has 0 bridgehead atoms. The molecule has 140 valence electrons. The van der Waals surface area contributed by atoms with Gasteiger partial charge in [-0.2, -0.15) is 8.42 Å². The molecular formula is C19H25N3O3S. The SMILES string of the molecule is Cc1ccc(C2=NS(=O)(=O)N(C)C(C(=O)N3C(C)CCCC3C)=C2)cc1. The number of likely N-dealkylation sites (N-methyl/N-ethyl adjacent to an activating group) is 1. The quantitative estimate of drug-likeness (QED) is 0.798. The molecule has 0 saturated carbocycles. The summed E-state index contributed by atoms with van der Waals surface area (Å²) in [6, 6.07) is 7.61. The molecule has 1 aromatic carbocycles. The Morgan fingerprint density at radius 2 is 1.69 bits per heavy atom. The molecule has 0 aromatic heterocycles. The predicted molar refractivity (Wildman–Crippen MR) is 102 cm³/mol. The van der Waals surface area contributed by atoms with E-state index < -0.39 is 10.2 Å². The molecule has 6 nitrogen and oxygen atoms in total. The zero-order chi connectivity index (χ0) is 19.1. The third-order valence-corrected chi connectivity index (χ3v) is 6.48. The fraction of sp³-hybridized carbons (Fsp3) is 0.474. The number of aryl methyl sites for hydroxylation is 1. The van der Waals surface area contributed by atoms with Gasteiger partial charge in [0.15, 0.2) is 0 Å². The van der Waals surface area contributed by atoms with Crippen LogP contribution in [0, 0.1) is 6.92 Å². The second kappa shape index (κ2) is 6.87. The van der Waals surface area contributed by atoms with Gasteiger partial charge in [-0.3, -0.25) is 4.79 Å². The molecule has 2 aliphatic heterocycles. The summed E-state index contributed by atoms with van der Waals surface area (Å²) in [5, 5.41) is 0. The summed E-state index contributed by atoms with van der Waals surface area (Å²) < 4.78 is 29.9. The van der Waals surface area contributed by atoms with Crippen LogP contribution in [0.2, 0.25) is 0 Å². The van der Waals surface area contributed by atoms with Crippen LogP contribution in [-0.2, 0) is 15.0 Å². The second-order valence-corrected chi connectivity index (χ2v) is 8.78. The number of piperidine rings is 1. The van der Waals surface area contributed by atoms with Crippen LogP contribution in [0.5, 0.6) is 0 Å². The summed E-state index contributed by atoms with van der Waals surface area (Å²) >= 11 is 0. The number of hydrogen-bond donors (Lipinski definition) is 0. The minimum atomic E-state index is -3.93. The number of amides is 1. The van der Waals surface area contributed by atoms with Crippen molar-refractivity contribution in [1.29, 1.82) is 0 Å². The molecule has 0 N–H and O–H groups in total. The number of likely N-dealkylation sites (tertiary alicyclic amines) is 1. The van der Waals surface area contributed by atoms with Crippen LogP contribution in [0.4, 0.5) is 0 Å². The Balaban J connectivity index is 2.03. The highest BCUT2D eigenvalue weighted by Gasteiger charge is 2.36. The Labute approximate surface area is 155 Å². The lowest BCUT2D eigenvalue weighted by Gasteiger charge is -2.40. The molecule has 0 radical (unpaired) electrons. The zero-order valence-electron chi connectivity index (χ0n) is 15.6. The minimum absolute atomic E-state index is 0.0879. The molecular weight excluding hydrogens is 350 g/mol. The number of hydrogen-bond acceptors (Lipinski definition) is 3. The van der Waals surface area contributed by atoms with E-state index in [1.54, 1.807) is 11.0 Å². The topological polar surface area (TPSA) is 70.0 Å². The van der Waals surface area contributed by atoms with Gasteiger partial charge >= 0.3 is 10.2 Å². The van der Waals surface area contributed by atoms with Gasteiger partial charge in [0.25, 0.3) is 5.91 Å². The van der Waals surface area contributed by atoms with Crippen molar-refractivity contribution in [1.82, 2.24) is 9.21 Å². The molecule has 1 aromatic rings. The number of benzene rings is 1. The molecule has 3 rings (SSSR count). The van der Waals surface area contributed by atoms with Gasteiger partial charge in [0.2, 0.25) is 0 Å². The highest BCUT2D eigenvalue weighted by Crippen LogP contribution is 2.28. The van der Waals surface area contributed by atoms with Crippen LogP contribution in [0.25, 0.3) is 0 Å². The van der Waals surface area contributed by atoms with Crippen LogP contribution in [0.3, 0.4) is 0 Å². The maximum absolute atomic E-state index is 13.2. The Bertz CT molecular complexity index is 862. The fourth-order valence-electron chi connectivity index (χ4n) is 3.57. The molecule has 1 saturated heterocycles. The smallest absolute Gasteiger partial charge is 0.332 e. The average molecular weight is 375 g/mol. The van der Waals surface area contributed by atoms with Crippen molar-refractivity contribution in [3.8, 4) is 0 Å². The van der Waals surface area contributed by atoms with Gasteiger partial charge in [-0.1, -0.05) is 29.8 Å². The van der Waals surface area contributed by atoms with Crippen LogP contribution >= 0.6 is 0 Å². The van der Waals surface area contributed by atoms with Crippen molar-refractivity contribution >= 4 is 21.8 Å². The van der Waals surface area contributed by atoms with Crippen molar-refractivity contribution in [3.05, 3.63) is 47.2 Å². The van der Waals surface area contributed by atoms with E-state index in [1.165, 1.54) is 7.05 Å². The lowest BCUT2D eigenvalue weighted by atomic mass is 9.97. The third-order valence-electron chi connectivity index (χ3n) is 5.17. The molecule has 2 unspecified atom stereocenters. The van der Waals surface area contributed by atoms with Gasteiger partial charge in [-0.15, -0.1) is 4.40 Å². The minimum Gasteiger partial charge on any atom is -0.332 e. The van der Waals surface area contributed by atoms with E-state index in [1.807, 2.05) is 45.0 Å².